The molecule has 1 aliphatic carbocycles. The molecule has 0 aromatic rings. The van der Waals surface area contributed by atoms with Crippen molar-refractivity contribution in [3.05, 3.63) is 11.6 Å². The van der Waals surface area contributed by atoms with Crippen molar-refractivity contribution in [1.82, 2.24) is 0 Å². The molecule has 0 aliphatic heterocycles. The number of carbonyl (C=O) groups is 1. The van der Waals surface area contributed by atoms with Gasteiger partial charge < -0.3 is 9.84 Å². The lowest BCUT2D eigenvalue weighted by atomic mass is 9.77. The Labute approximate surface area is 148 Å². The molecule has 0 aromatic heterocycles. The first-order chi connectivity index (χ1) is 11.3. The molecule has 3 nitrogen and oxygen atoms in total. The van der Waals surface area contributed by atoms with Crippen molar-refractivity contribution in [1.29, 1.82) is 0 Å². The first-order valence-corrected chi connectivity index (χ1v) is 9.88. The van der Waals surface area contributed by atoms with Crippen molar-refractivity contribution >= 4 is 5.97 Å². The van der Waals surface area contributed by atoms with Crippen molar-refractivity contribution in [2.45, 2.75) is 98.0 Å². The maximum atomic E-state index is 11.7. The second kappa shape index (κ2) is 9.60. The number of hydrogen-bond donors (Lipinski definition) is 1. The zero-order valence-electron chi connectivity index (χ0n) is 16.5. The molecule has 2 atom stereocenters. The molecule has 2 unspecified atom stereocenters. The lowest BCUT2D eigenvalue weighted by molar-refractivity contribution is -0.147. The Morgan fingerprint density at radius 1 is 1.33 bits per heavy atom. The van der Waals surface area contributed by atoms with Crippen LogP contribution in [0.2, 0.25) is 0 Å². The first kappa shape index (κ1) is 21.2. The van der Waals surface area contributed by atoms with Crippen molar-refractivity contribution < 1.29 is 14.6 Å². The van der Waals surface area contributed by atoms with Crippen LogP contribution in [0.3, 0.4) is 0 Å². The molecule has 0 saturated carbocycles. The minimum absolute atomic E-state index is 0.0882. The Balaban J connectivity index is 2.57. The molecule has 0 amide bonds. The number of hydrogen-bond acceptors (Lipinski definition) is 3. The van der Waals surface area contributed by atoms with Crippen LogP contribution in [0.15, 0.2) is 11.6 Å². The van der Waals surface area contributed by atoms with Crippen LogP contribution in [-0.4, -0.2) is 23.3 Å². The van der Waals surface area contributed by atoms with E-state index in [1.165, 1.54) is 37.7 Å². The maximum absolute atomic E-state index is 11.7. The smallest absolute Gasteiger partial charge is 0.309 e. The van der Waals surface area contributed by atoms with Gasteiger partial charge in [0, 0.05) is 0 Å². The molecule has 0 radical (unpaired) electrons. The van der Waals surface area contributed by atoms with E-state index in [2.05, 4.69) is 27.7 Å². The summed E-state index contributed by atoms with van der Waals surface area (Å²) >= 11 is 0. The summed E-state index contributed by atoms with van der Waals surface area (Å²) in [6, 6.07) is 0. The van der Waals surface area contributed by atoms with Crippen molar-refractivity contribution in [2.24, 2.45) is 11.3 Å². The highest BCUT2D eigenvalue weighted by molar-refractivity contribution is 5.71. The SMILES string of the molecule is CCOC(=O)CC1(O)C=C(CC(CC)CCC(C)(CC)CC)CC1. The van der Waals surface area contributed by atoms with E-state index in [1.807, 2.05) is 6.08 Å². The molecular weight excluding hydrogens is 300 g/mol. The Bertz CT molecular complexity index is 423. The average molecular weight is 339 g/mol. The van der Waals surface area contributed by atoms with Gasteiger partial charge in [0.25, 0.3) is 0 Å². The molecule has 24 heavy (non-hydrogen) atoms. The van der Waals surface area contributed by atoms with Gasteiger partial charge >= 0.3 is 5.97 Å². The highest BCUT2D eigenvalue weighted by Gasteiger charge is 2.34. The topological polar surface area (TPSA) is 46.5 Å². The fraction of sp³-hybridized carbons (Fsp3) is 0.857. The molecule has 1 N–H and O–H groups in total. The lowest BCUT2D eigenvalue weighted by Gasteiger charge is -2.29. The monoisotopic (exact) mass is 338 g/mol. The summed E-state index contributed by atoms with van der Waals surface area (Å²) < 4.78 is 4.98. The van der Waals surface area contributed by atoms with Gasteiger partial charge in [-0.3, -0.25) is 4.79 Å². The van der Waals surface area contributed by atoms with Crippen molar-refractivity contribution in [3.63, 3.8) is 0 Å². The van der Waals surface area contributed by atoms with E-state index in [-0.39, 0.29) is 12.4 Å². The van der Waals surface area contributed by atoms with Gasteiger partial charge in [-0.2, -0.15) is 0 Å². The summed E-state index contributed by atoms with van der Waals surface area (Å²) in [7, 11) is 0. The standard InChI is InChI=1S/C21H38O3/c1-6-17(10-12-20(5,7-2)8-3)14-18-11-13-21(23,15-18)16-19(22)24-9-4/h15,17,23H,6-14,16H2,1-5H3. The molecule has 0 saturated heterocycles. The summed E-state index contributed by atoms with van der Waals surface area (Å²) in [4.78, 5) is 11.7. The van der Waals surface area contributed by atoms with Gasteiger partial charge in [-0.1, -0.05) is 58.6 Å². The molecule has 0 spiro atoms. The molecule has 140 valence electrons. The Hall–Kier alpha value is -0.830. The Morgan fingerprint density at radius 3 is 2.54 bits per heavy atom. The van der Waals surface area contributed by atoms with Crippen LogP contribution >= 0.6 is 0 Å². The average Bonchev–Trinajstić information content (AvgIpc) is 2.91. The van der Waals surface area contributed by atoms with Crippen molar-refractivity contribution in [3.8, 4) is 0 Å². The van der Waals surface area contributed by atoms with E-state index in [9.17, 15) is 9.90 Å². The number of ether oxygens (including phenoxy) is 1. The minimum Gasteiger partial charge on any atom is -0.466 e. The van der Waals surface area contributed by atoms with Gasteiger partial charge in [-0.15, -0.1) is 0 Å². The van der Waals surface area contributed by atoms with E-state index >= 15 is 0 Å². The lowest BCUT2D eigenvalue weighted by Crippen LogP contribution is -2.27. The summed E-state index contributed by atoms with van der Waals surface area (Å²) in [6.45, 7) is 11.4. The number of esters is 1. The zero-order chi connectivity index (χ0) is 18.2. The van der Waals surface area contributed by atoms with Crippen LogP contribution in [0, 0.1) is 11.3 Å². The maximum Gasteiger partial charge on any atom is 0.309 e. The molecule has 0 heterocycles. The van der Waals surface area contributed by atoms with E-state index in [0.717, 1.165) is 12.8 Å². The van der Waals surface area contributed by atoms with Crippen LogP contribution in [-0.2, 0) is 9.53 Å². The van der Waals surface area contributed by atoms with E-state index in [4.69, 9.17) is 4.74 Å². The van der Waals surface area contributed by atoms with Crippen LogP contribution in [0.1, 0.15) is 92.4 Å². The fourth-order valence-electron chi connectivity index (χ4n) is 3.64. The Morgan fingerprint density at radius 2 is 2.00 bits per heavy atom. The summed E-state index contributed by atoms with van der Waals surface area (Å²) in [5.41, 5.74) is 0.798. The predicted molar refractivity (Wildman–Crippen MR) is 99.8 cm³/mol. The molecule has 0 bridgehead atoms. The highest BCUT2D eigenvalue weighted by Crippen LogP contribution is 2.38. The van der Waals surface area contributed by atoms with Gasteiger partial charge in [-0.05, 0) is 50.4 Å². The van der Waals surface area contributed by atoms with Crippen LogP contribution in [0.4, 0.5) is 0 Å². The van der Waals surface area contributed by atoms with Gasteiger partial charge in [0.05, 0.1) is 18.6 Å². The first-order valence-electron chi connectivity index (χ1n) is 9.88. The van der Waals surface area contributed by atoms with Crippen LogP contribution in [0.5, 0.6) is 0 Å². The molecule has 1 rings (SSSR count). The van der Waals surface area contributed by atoms with Gasteiger partial charge in [0.2, 0.25) is 0 Å². The number of allylic oxidation sites excluding steroid dienone is 1. The van der Waals surface area contributed by atoms with E-state index < -0.39 is 5.60 Å². The highest BCUT2D eigenvalue weighted by atomic mass is 16.5. The predicted octanol–water partition coefficient (Wildman–Crippen LogP) is 5.41. The molecule has 3 heteroatoms. The minimum atomic E-state index is -0.985. The summed E-state index contributed by atoms with van der Waals surface area (Å²) in [6.07, 6.45) is 10.8. The van der Waals surface area contributed by atoms with Crippen LogP contribution < -0.4 is 0 Å². The Kier molecular flexibility index (Phi) is 8.49. The molecule has 0 fully saturated rings. The summed E-state index contributed by atoms with van der Waals surface area (Å²) in [5.74, 6) is 0.379. The third-order valence-corrected chi connectivity index (χ3v) is 6.10. The number of carbonyl (C=O) groups excluding carboxylic acids is 1. The van der Waals surface area contributed by atoms with Crippen molar-refractivity contribution in [2.75, 3.05) is 6.61 Å². The van der Waals surface area contributed by atoms with E-state index in [0.29, 0.717) is 24.4 Å². The van der Waals surface area contributed by atoms with Crippen LogP contribution in [0.25, 0.3) is 0 Å². The third kappa shape index (κ3) is 6.58. The normalized spacial score (nSPS) is 22.3. The number of rotatable bonds is 11. The van der Waals surface area contributed by atoms with Gasteiger partial charge in [0.15, 0.2) is 0 Å². The fourth-order valence-corrected chi connectivity index (χ4v) is 3.64. The second-order valence-corrected chi connectivity index (χ2v) is 7.92. The van der Waals surface area contributed by atoms with Gasteiger partial charge in [-0.25, -0.2) is 0 Å². The largest absolute Gasteiger partial charge is 0.466 e. The zero-order valence-corrected chi connectivity index (χ0v) is 16.5. The molecular formula is C21H38O3. The molecule has 0 aromatic carbocycles. The number of aliphatic hydroxyl groups is 1. The van der Waals surface area contributed by atoms with Gasteiger partial charge in [0.1, 0.15) is 0 Å². The second-order valence-electron chi connectivity index (χ2n) is 7.92. The quantitative estimate of drug-likeness (QED) is 0.404. The third-order valence-electron chi connectivity index (χ3n) is 6.10. The van der Waals surface area contributed by atoms with E-state index in [1.54, 1.807) is 6.92 Å². The molecule has 1 aliphatic rings. The summed E-state index contributed by atoms with van der Waals surface area (Å²) in [5, 5.41) is 10.6.